The van der Waals surface area contributed by atoms with Gasteiger partial charge in [0.1, 0.15) is 5.75 Å². The van der Waals surface area contributed by atoms with Crippen LogP contribution in [0.2, 0.25) is 0 Å². The van der Waals surface area contributed by atoms with E-state index in [4.69, 9.17) is 0 Å². The fraction of sp³-hybridized carbons (Fsp3) is 0.370. The fourth-order valence-corrected chi connectivity index (χ4v) is 5.01. The lowest BCUT2D eigenvalue weighted by atomic mass is 9.78. The van der Waals surface area contributed by atoms with Gasteiger partial charge in [-0.1, -0.05) is 71.9 Å². The molecule has 0 bridgehead atoms. The number of aromatic nitrogens is 1. The topological polar surface area (TPSA) is 76.4 Å². The van der Waals surface area contributed by atoms with Gasteiger partial charge in [0.2, 0.25) is 0 Å². The van der Waals surface area contributed by atoms with Crippen molar-refractivity contribution in [1.82, 2.24) is 3.97 Å². The molecule has 0 aliphatic carbocycles. The maximum atomic E-state index is 12.9. The van der Waals surface area contributed by atoms with Crippen LogP contribution in [0.5, 0.6) is 5.75 Å². The quantitative estimate of drug-likeness (QED) is 0.462. The van der Waals surface area contributed by atoms with Crippen LogP contribution < -0.4 is 0 Å². The van der Waals surface area contributed by atoms with E-state index < -0.39 is 10.0 Å². The number of aromatic hydroxyl groups is 1. The highest BCUT2D eigenvalue weighted by molar-refractivity contribution is 7.90. The summed E-state index contributed by atoms with van der Waals surface area (Å²) in [4.78, 5) is 13.0. The summed E-state index contributed by atoms with van der Waals surface area (Å²) >= 11 is 0. The molecule has 0 aliphatic heterocycles. The second-order valence-corrected chi connectivity index (χ2v) is 12.4. The van der Waals surface area contributed by atoms with E-state index in [-0.39, 0.29) is 27.9 Å². The van der Waals surface area contributed by atoms with Crippen molar-refractivity contribution in [2.24, 2.45) is 0 Å². The molecule has 0 unspecified atom stereocenters. The number of Topliss-reactive ketones (excluding diaryl/α,β-unsaturated/α-hetero) is 1. The Kier molecular flexibility index (Phi) is 6.62. The van der Waals surface area contributed by atoms with E-state index in [1.165, 1.54) is 24.5 Å². The van der Waals surface area contributed by atoms with Gasteiger partial charge in [-0.05, 0) is 52.1 Å². The Morgan fingerprint density at radius 1 is 0.909 bits per heavy atom. The number of carbonyl (C=O) groups excluding carboxylic acids is 1. The Morgan fingerprint density at radius 3 is 1.97 bits per heavy atom. The number of carbonyl (C=O) groups is 1. The van der Waals surface area contributed by atoms with Crippen molar-refractivity contribution in [2.45, 2.75) is 70.1 Å². The lowest BCUT2D eigenvalue weighted by Gasteiger charge is -2.28. The highest BCUT2D eigenvalue weighted by atomic mass is 32.2. The minimum absolute atomic E-state index is 0.125. The molecule has 33 heavy (non-hydrogen) atoms. The summed E-state index contributed by atoms with van der Waals surface area (Å²) in [6.45, 7) is 12.3. The number of ketones is 1. The minimum Gasteiger partial charge on any atom is -0.507 e. The van der Waals surface area contributed by atoms with Crippen molar-refractivity contribution >= 4 is 15.8 Å². The Bertz CT molecular complexity index is 1220. The number of aryl methyl sites for hydroxylation is 1. The van der Waals surface area contributed by atoms with Gasteiger partial charge < -0.3 is 5.11 Å². The van der Waals surface area contributed by atoms with Crippen LogP contribution in [0.1, 0.15) is 75.0 Å². The zero-order chi connectivity index (χ0) is 24.6. The number of hydrogen-bond donors (Lipinski definition) is 1. The predicted molar refractivity (Wildman–Crippen MR) is 132 cm³/mol. The predicted octanol–water partition coefficient (Wildman–Crippen LogP) is 5.84. The molecule has 0 saturated carbocycles. The van der Waals surface area contributed by atoms with Gasteiger partial charge in [0.15, 0.2) is 5.78 Å². The Labute approximate surface area is 197 Å². The van der Waals surface area contributed by atoms with E-state index in [0.29, 0.717) is 17.7 Å². The van der Waals surface area contributed by atoms with E-state index in [9.17, 15) is 18.3 Å². The normalized spacial score (nSPS) is 12.7. The zero-order valence-corrected chi connectivity index (χ0v) is 21.0. The van der Waals surface area contributed by atoms with E-state index in [2.05, 4.69) is 41.5 Å². The number of phenolic OH excluding ortho intramolecular Hbond substituents is 1. The molecule has 0 aliphatic rings. The molecule has 6 heteroatoms. The fourth-order valence-electron chi connectivity index (χ4n) is 3.79. The second kappa shape index (κ2) is 8.82. The first-order valence-corrected chi connectivity index (χ1v) is 12.5. The first kappa shape index (κ1) is 24.8. The molecule has 0 atom stereocenters. The van der Waals surface area contributed by atoms with E-state index in [0.717, 1.165) is 20.7 Å². The van der Waals surface area contributed by atoms with Gasteiger partial charge in [-0.3, -0.25) is 4.79 Å². The maximum Gasteiger partial charge on any atom is 0.267 e. The summed E-state index contributed by atoms with van der Waals surface area (Å²) in [6, 6.07) is 13.6. The van der Waals surface area contributed by atoms with Crippen molar-refractivity contribution in [2.75, 3.05) is 0 Å². The summed E-state index contributed by atoms with van der Waals surface area (Å²) in [5.74, 6) is 0.188. The molecule has 0 radical (unpaired) electrons. The van der Waals surface area contributed by atoms with Crippen LogP contribution in [0.15, 0.2) is 65.8 Å². The van der Waals surface area contributed by atoms with Crippen LogP contribution in [0.3, 0.4) is 0 Å². The zero-order valence-electron chi connectivity index (χ0n) is 20.2. The first-order valence-electron chi connectivity index (χ1n) is 11.1. The van der Waals surface area contributed by atoms with Gasteiger partial charge in [-0.25, -0.2) is 12.4 Å². The van der Waals surface area contributed by atoms with E-state index in [1.807, 2.05) is 12.1 Å². The van der Waals surface area contributed by atoms with Crippen LogP contribution in [0.25, 0.3) is 0 Å². The van der Waals surface area contributed by atoms with Crippen molar-refractivity contribution < 1.29 is 18.3 Å². The molecule has 1 N–H and O–H groups in total. The SMILES string of the molecule is CC(C)(C)c1cc(CCC(=O)c2ccn(S(=O)(=O)c3ccccc3)c2)cc(C(C)(C)C)c1O. The highest BCUT2D eigenvalue weighted by Gasteiger charge is 2.26. The second-order valence-electron chi connectivity index (χ2n) is 10.5. The molecule has 0 fully saturated rings. The maximum absolute atomic E-state index is 12.9. The summed E-state index contributed by atoms with van der Waals surface area (Å²) in [5, 5.41) is 10.9. The molecule has 3 aromatic rings. The Morgan fingerprint density at radius 2 is 1.45 bits per heavy atom. The van der Waals surface area contributed by atoms with Crippen molar-refractivity contribution in [3.63, 3.8) is 0 Å². The average Bonchev–Trinajstić information content (AvgIpc) is 3.23. The van der Waals surface area contributed by atoms with Gasteiger partial charge in [-0.2, -0.15) is 0 Å². The number of rotatable bonds is 6. The molecule has 5 nitrogen and oxygen atoms in total. The number of nitrogens with zero attached hydrogens (tertiary/aromatic N) is 1. The van der Waals surface area contributed by atoms with E-state index >= 15 is 0 Å². The third kappa shape index (κ3) is 5.38. The number of hydrogen-bond acceptors (Lipinski definition) is 4. The third-order valence-corrected chi connectivity index (χ3v) is 7.38. The van der Waals surface area contributed by atoms with Crippen LogP contribution >= 0.6 is 0 Å². The molecule has 1 aromatic heterocycles. The van der Waals surface area contributed by atoms with Crippen LogP contribution in [-0.4, -0.2) is 23.3 Å². The largest absolute Gasteiger partial charge is 0.507 e. The number of benzene rings is 2. The summed E-state index contributed by atoms with van der Waals surface area (Å²) < 4.78 is 26.6. The molecule has 3 rings (SSSR count). The van der Waals surface area contributed by atoms with Crippen molar-refractivity contribution in [1.29, 1.82) is 0 Å². The van der Waals surface area contributed by atoms with Crippen molar-refractivity contribution in [3.05, 3.63) is 83.2 Å². The lowest BCUT2D eigenvalue weighted by molar-refractivity contribution is 0.0983. The van der Waals surface area contributed by atoms with Gasteiger partial charge in [0.05, 0.1) is 4.90 Å². The molecule has 1 heterocycles. The molecule has 0 amide bonds. The smallest absolute Gasteiger partial charge is 0.267 e. The summed E-state index contributed by atoms with van der Waals surface area (Å²) in [5.41, 5.74) is 2.57. The first-order chi connectivity index (χ1) is 15.2. The third-order valence-electron chi connectivity index (χ3n) is 5.73. The van der Waals surface area contributed by atoms with Gasteiger partial charge in [-0.15, -0.1) is 0 Å². The van der Waals surface area contributed by atoms with Crippen molar-refractivity contribution in [3.8, 4) is 5.75 Å². The Hall–Kier alpha value is -2.86. The average molecular weight is 468 g/mol. The number of phenols is 1. The standard InChI is InChI=1S/C27H33NO4S/c1-26(2,3)22-16-19(17-23(25(22)30)27(4,5)6)12-13-24(29)20-14-15-28(18-20)33(31,32)21-10-8-7-9-11-21/h7-11,14-18,30H,12-13H2,1-6H3. The minimum atomic E-state index is -3.73. The monoisotopic (exact) mass is 467 g/mol. The van der Waals surface area contributed by atoms with Crippen LogP contribution in [0.4, 0.5) is 0 Å². The summed E-state index contributed by atoms with van der Waals surface area (Å²) in [6.07, 6.45) is 3.53. The van der Waals surface area contributed by atoms with Crippen LogP contribution in [-0.2, 0) is 27.3 Å². The summed E-state index contributed by atoms with van der Waals surface area (Å²) in [7, 11) is -3.73. The Balaban J connectivity index is 1.83. The molecular weight excluding hydrogens is 434 g/mol. The molecule has 0 saturated heterocycles. The van der Waals surface area contributed by atoms with Gasteiger partial charge in [0, 0.05) is 24.4 Å². The lowest BCUT2D eigenvalue weighted by Crippen LogP contribution is -2.18. The van der Waals surface area contributed by atoms with Gasteiger partial charge in [0.25, 0.3) is 10.0 Å². The van der Waals surface area contributed by atoms with Crippen LogP contribution in [0, 0.1) is 0 Å². The van der Waals surface area contributed by atoms with Gasteiger partial charge >= 0.3 is 0 Å². The molecule has 0 spiro atoms. The highest BCUT2D eigenvalue weighted by Crippen LogP contribution is 2.40. The molecular formula is C27H33NO4S. The molecule has 2 aromatic carbocycles. The molecule has 176 valence electrons. The van der Waals surface area contributed by atoms with E-state index in [1.54, 1.807) is 24.3 Å².